The van der Waals surface area contributed by atoms with Gasteiger partial charge in [0.05, 0.1) is 7.11 Å². The molecule has 0 aliphatic carbocycles. The van der Waals surface area contributed by atoms with Crippen LogP contribution < -0.4 is 10.1 Å². The van der Waals surface area contributed by atoms with Gasteiger partial charge in [-0.25, -0.2) is 12.7 Å². The highest BCUT2D eigenvalue weighted by Crippen LogP contribution is 2.35. The van der Waals surface area contributed by atoms with Crippen LogP contribution in [0.2, 0.25) is 0 Å². The van der Waals surface area contributed by atoms with E-state index in [4.69, 9.17) is 4.74 Å². The monoisotopic (exact) mass is 414 g/mol. The molecule has 0 aromatic heterocycles. The summed E-state index contributed by atoms with van der Waals surface area (Å²) in [6, 6.07) is 14.0. The van der Waals surface area contributed by atoms with Gasteiger partial charge in [-0.15, -0.1) is 0 Å². The predicted molar refractivity (Wildman–Crippen MR) is 109 cm³/mol. The first-order valence-corrected chi connectivity index (χ1v) is 10.4. The van der Waals surface area contributed by atoms with Crippen molar-refractivity contribution in [3.8, 4) is 5.75 Å². The lowest BCUT2D eigenvalue weighted by atomic mass is 10.1. The second-order valence-corrected chi connectivity index (χ2v) is 8.56. The first-order valence-electron chi connectivity index (χ1n) is 8.98. The second-order valence-electron chi connectivity index (χ2n) is 6.76. The number of nitrogens with one attached hydrogen (secondary N) is 1. The Kier molecular flexibility index (Phi) is 5.74. The van der Waals surface area contributed by atoms with E-state index in [2.05, 4.69) is 5.32 Å². The number of aryl methyl sites for hydroxylation is 1. The lowest BCUT2D eigenvalue weighted by Gasteiger charge is -2.16. The van der Waals surface area contributed by atoms with Crippen LogP contribution in [-0.2, 0) is 26.2 Å². The molecular weight excluding hydrogens is 392 g/mol. The Morgan fingerprint density at radius 1 is 1.03 bits per heavy atom. The first kappa shape index (κ1) is 20.6. The van der Waals surface area contributed by atoms with Crippen molar-refractivity contribution in [1.82, 2.24) is 9.62 Å². The normalized spacial score (nSPS) is 15.6. The van der Waals surface area contributed by atoms with E-state index in [1.54, 1.807) is 24.3 Å². The smallest absolute Gasteiger partial charge is 0.268 e. The molecule has 2 aromatic carbocycles. The van der Waals surface area contributed by atoms with Gasteiger partial charge < -0.3 is 10.1 Å². The van der Waals surface area contributed by atoms with Crippen molar-refractivity contribution in [2.24, 2.45) is 0 Å². The summed E-state index contributed by atoms with van der Waals surface area (Å²) in [5.74, 6) is -0.673. The highest BCUT2D eigenvalue weighted by Gasteiger charge is 2.43. The molecule has 0 radical (unpaired) electrons. The van der Waals surface area contributed by atoms with E-state index in [1.165, 1.54) is 14.0 Å². The highest BCUT2D eigenvalue weighted by atomic mass is 32.2. The molecule has 0 bridgehead atoms. The van der Waals surface area contributed by atoms with Crippen LogP contribution in [0.25, 0.3) is 4.91 Å². The third-order valence-corrected chi connectivity index (χ3v) is 6.62. The largest absolute Gasteiger partial charge is 0.497 e. The fraction of sp³-hybridized carbons (Fsp3) is 0.238. The van der Waals surface area contributed by atoms with Crippen molar-refractivity contribution in [1.29, 1.82) is 0 Å². The summed E-state index contributed by atoms with van der Waals surface area (Å²) in [4.78, 5) is 24.8. The molecule has 1 aliphatic rings. The maximum Gasteiger partial charge on any atom is 0.268 e. The van der Waals surface area contributed by atoms with Gasteiger partial charge in [-0.1, -0.05) is 29.8 Å². The van der Waals surface area contributed by atoms with E-state index < -0.39 is 28.4 Å². The molecule has 0 unspecified atom stereocenters. The third kappa shape index (κ3) is 4.17. The van der Waals surface area contributed by atoms with E-state index in [0.717, 1.165) is 11.1 Å². The molecule has 152 valence electrons. The number of benzene rings is 2. The Morgan fingerprint density at radius 3 is 2.24 bits per heavy atom. The molecule has 0 saturated heterocycles. The van der Waals surface area contributed by atoms with Crippen LogP contribution in [0.4, 0.5) is 0 Å². The zero-order valence-corrected chi connectivity index (χ0v) is 17.2. The molecule has 1 aliphatic heterocycles. The number of rotatable bonds is 6. The molecular formula is C21H22N2O5S. The van der Waals surface area contributed by atoms with Crippen molar-refractivity contribution in [3.63, 3.8) is 0 Å². The van der Waals surface area contributed by atoms with E-state index in [-0.39, 0.29) is 17.0 Å². The van der Waals surface area contributed by atoms with Crippen LogP contribution in [-0.4, -0.2) is 38.2 Å². The molecule has 1 heterocycles. The van der Waals surface area contributed by atoms with Crippen LogP contribution >= 0.6 is 0 Å². The number of carbonyl (C=O) groups is 2. The minimum absolute atomic E-state index is 0.0847. The summed E-state index contributed by atoms with van der Waals surface area (Å²) < 4.78 is 31.6. The zero-order chi connectivity index (χ0) is 21.2. The Morgan fingerprint density at radius 2 is 1.66 bits per heavy atom. The summed E-state index contributed by atoms with van der Waals surface area (Å²) in [5.41, 5.74) is 2.44. The van der Waals surface area contributed by atoms with Crippen molar-refractivity contribution in [2.75, 3.05) is 13.7 Å². The topological polar surface area (TPSA) is 92.8 Å². The van der Waals surface area contributed by atoms with E-state index in [9.17, 15) is 18.0 Å². The lowest BCUT2D eigenvalue weighted by Crippen LogP contribution is -2.40. The summed E-state index contributed by atoms with van der Waals surface area (Å²) in [5, 5.41) is 2.66. The van der Waals surface area contributed by atoms with Crippen molar-refractivity contribution < 1.29 is 22.7 Å². The molecule has 2 amide bonds. The number of hydrogen-bond acceptors (Lipinski definition) is 5. The van der Waals surface area contributed by atoms with Crippen molar-refractivity contribution in [2.45, 2.75) is 20.4 Å². The van der Waals surface area contributed by atoms with Gasteiger partial charge in [-0.2, -0.15) is 0 Å². The Labute approximate surface area is 170 Å². The van der Waals surface area contributed by atoms with Crippen LogP contribution in [0.5, 0.6) is 5.75 Å². The highest BCUT2D eigenvalue weighted by molar-refractivity contribution is 7.99. The number of hydrogen-bond donors (Lipinski definition) is 1. The van der Waals surface area contributed by atoms with Gasteiger partial charge in [0.25, 0.3) is 15.9 Å². The number of methoxy groups -OCH3 is 1. The molecule has 3 rings (SSSR count). The van der Waals surface area contributed by atoms with Crippen LogP contribution in [0, 0.1) is 6.92 Å². The third-order valence-electron chi connectivity index (χ3n) is 4.69. The average molecular weight is 414 g/mol. The zero-order valence-electron chi connectivity index (χ0n) is 16.4. The Hall–Kier alpha value is -3.13. The number of nitrogens with zero attached hydrogens (tertiary/aromatic N) is 1. The minimum atomic E-state index is -4.12. The average Bonchev–Trinajstić information content (AvgIpc) is 2.87. The molecule has 2 aromatic rings. The number of amides is 2. The molecule has 29 heavy (non-hydrogen) atoms. The van der Waals surface area contributed by atoms with Gasteiger partial charge in [-0.3, -0.25) is 9.59 Å². The van der Waals surface area contributed by atoms with Crippen molar-refractivity contribution >= 4 is 26.7 Å². The minimum Gasteiger partial charge on any atom is -0.497 e. The van der Waals surface area contributed by atoms with Crippen LogP contribution in [0.1, 0.15) is 23.6 Å². The molecule has 0 spiro atoms. The lowest BCUT2D eigenvalue weighted by molar-refractivity contribution is -0.128. The van der Waals surface area contributed by atoms with Gasteiger partial charge in [0, 0.05) is 12.1 Å². The Balaban J connectivity index is 1.74. The van der Waals surface area contributed by atoms with Crippen LogP contribution in [0.15, 0.2) is 54.1 Å². The van der Waals surface area contributed by atoms with Crippen LogP contribution in [0.3, 0.4) is 0 Å². The SMILES string of the molecule is COc1ccc(C2=C(C)C(=O)N(CC(=O)NCc3ccc(C)cc3)S2(=O)=O)cc1. The molecule has 8 heteroatoms. The van der Waals surface area contributed by atoms with E-state index in [0.29, 0.717) is 15.6 Å². The first-order chi connectivity index (χ1) is 13.7. The fourth-order valence-electron chi connectivity index (χ4n) is 3.05. The molecule has 0 fully saturated rings. The maximum atomic E-state index is 13.0. The van der Waals surface area contributed by atoms with Gasteiger partial charge in [-0.05, 0) is 49.2 Å². The van der Waals surface area contributed by atoms with Gasteiger partial charge in [0.1, 0.15) is 17.2 Å². The standard InChI is InChI=1S/C21H22N2O5S/c1-14-4-6-16(7-5-14)12-22-19(24)13-23-21(25)15(2)20(29(23,26)27)17-8-10-18(28-3)11-9-17/h4-11H,12-13H2,1-3H3,(H,22,24). The number of carbonyl (C=O) groups excluding carboxylic acids is 2. The van der Waals surface area contributed by atoms with Gasteiger partial charge >= 0.3 is 0 Å². The fourth-order valence-corrected chi connectivity index (χ4v) is 4.83. The molecule has 7 nitrogen and oxygen atoms in total. The van der Waals surface area contributed by atoms with Gasteiger partial charge in [0.15, 0.2) is 0 Å². The Bertz CT molecular complexity index is 1070. The predicted octanol–water partition coefficient (Wildman–Crippen LogP) is 2.22. The summed E-state index contributed by atoms with van der Waals surface area (Å²) in [6.45, 7) is 3.09. The van der Waals surface area contributed by atoms with Crippen molar-refractivity contribution in [3.05, 3.63) is 70.8 Å². The molecule has 0 atom stereocenters. The number of sulfonamides is 1. The van der Waals surface area contributed by atoms with Gasteiger partial charge in [0.2, 0.25) is 5.91 Å². The summed E-state index contributed by atoms with van der Waals surface area (Å²) in [7, 11) is -2.61. The number of ether oxygens (including phenoxy) is 1. The molecule has 1 N–H and O–H groups in total. The van der Waals surface area contributed by atoms with E-state index in [1.807, 2.05) is 31.2 Å². The molecule has 0 saturated carbocycles. The summed E-state index contributed by atoms with van der Waals surface area (Å²) >= 11 is 0. The quantitative estimate of drug-likeness (QED) is 0.782. The summed E-state index contributed by atoms with van der Waals surface area (Å²) in [6.07, 6.45) is 0. The maximum absolute atomic E-state index is 13.0. The van der Waals surface area contributed by atoms with E-state index >= 15 is 0 Å². The second kappa shape index (κ2) is 8.08.